The Bertz CT molecular complexity index is 625. The first kappa shape index (κ1) is 12.9. The van der Waals surface area contributed by atoms with Crippen LogP contribution in [0.2, 0.25) is 0 Å². The van der Waals surface area contributed by atoms with Crippen LogP contribution in [0.4, 0.5) is 0 Å². The monoisotopic (exact) mass is 270 g/mol. The van der Waals surface area contributed by atoms with Crippen molar-refractivity contribution in [3.05, 3.63) is 54.3 Å². The van der Waals surface area contributed by atoms with Crippen LogP contribution in [0.15, 0.2) is 51.7 Å². The minimum atomic E-state index is 0.168. The first-order valence-corrected chi connectivity index (χ1v) is 6.96. The Hall–Kier alpha value is -2.07. The van der Waals surface area contributed by atoms with Gasteiger partial charge in [0.15, 0.2) is 11.5 Å². The van der Waals surface area contributed by atoms with Crippen molar-refractivity contribution >= 4 is 11.1 Å². The van der Waals surface area contributed by atoms with Crippen LogP contribution >= 0.6 is 0 Å². The lowest BCUT2D eigenvalue weighted by Crippen LogP contribution is -2.23. The number of nitrogens with zero attached hydrogens (tertiary/aromatic N) is 1. The largest absolute Gasteiger partial charge is 0.472 e. The summed E-state index contributed by atoms with van der Waals surface area (Å²) in [6.07, 6.45) is 5.27. The molecule has 0 radical (unpaired) electrons. The van der Waals surface area contributed by atoms with Crippen molar-refractivity contribution in [3.8, 4) is 0 Å². The van der Waals surface area contributed by atoms with E-state index in [0.29, 0.717) is 6.42 Å². The van der Waals surface area contributed by atoms with Crippen molar-refractivity contribution in [3.63, 3.8) is 0 Å². The summed E-state index contributed by atoms with van der Waals surface area (Å²) in [5, 5.41) is 3.50. The Kier molecular flexibility index (Phi) is 3.83. The molecule has 2 aromatic heterocycles. The van der Waals surface area contributed by atoms with Crippen LogP contribution < -0.4 is 5.32 Å². The zero-order valence-corrected chi connectivity index (χ0v) is 11.5. The summed E-state index contributed by atoms with van der Waals surface area (Å²) in [5.74, 6) is 0.751. The van der Waals surface area contributed by atoms with Gasteiger partial charge in [-0.25, -0.2) is 4.98 Å². The molecule has 0 bridgehead atoms. The second-order valence-corrected chi connectivity index (χ2v) is 4.84. The molecule has 0 saturated carbocycles. The Morgan fingerprint density at radius 2 is 2.15 bits per heavy atom. The topological polar surface area (TPSA) is 51.2 Å². The molecule has 0 spiro atoms. The standard InChI is InChI=1S/C16H18N2O2/c1-2-8-17-14(12-7-9-19-11-12)10-16-18-13-5-3-4-6-15(13)20-16/h3-7,9,11,14,17H,2,8,10H2,1H3. The third-order valence-electron chi connectivity index (χ3n) is 3.30. The minimum Gasteiger partial charge on any atom is -0.472 e. The minimum absolute atomic E-state index is 0.168. The maximum atomic E-state index is 5.79. The number of oxazole rings is 1. The zero-order valence-electron chi connectivity index (χ0n) is 11.5. The van der Waals surface area contributed by atoms with Crippen LogP contribution in [0.5, 0.6) is 0 Å². The molecule has 0 amide bonds. The van der Waals surface area contributed by atoms with Crippen LogP contribution in [0.3, 0.4) is 0 Å². The molecule has 1 aromatic carbocycles. The van der Waals surface area contributed by atoms with Gasteiger partial charge in [-0.05, 0) is 31.2 Å². The summed E-state index contributed by atoms with van der Waals surface area (Å²) >= 11 is 0. The van der Waals surface area contributed by atoms with Crippen molar-refractivity contribution in [2.24, 2.45) is 0 Å². The normalized spacial score (nSPS) is 12.8. The number of fused-ring (bicyclic) bond motifs is 1. The fourth-order valence-electron chi connectivity index (χ4n) is 2.28. The number of hydrogen-bond acceptors (Lipinski definition) is 4. The first-order chi connectivity index (χ1) is 9.86. The maximum absolute atomic E-state index is 5.79. The molecular weight excluding hydrogens is 252 g/mol. The Balaban J connectivity index is 1.81. The van der Waals surface area contributed by atoms with Gasteiger partial charge in [0.05, 0.1) is 12.5 Å². The van der Waals surface area contributed by atoms with E-state index >= 15 is 0 Å². The van der Waals surface area contributed by atoms with E-state index in [4.69, 9.17) is 8.83 Å². The highest BCUT2D eigenvalue weighted by Gasteiger charge is 2.16. The molecule has 1 N–H and O–H groups in total. The van der Waals surface area contributed by atoms with Crippen molar-refractivity contribution in [1.82, 2.24) is 10.3 Å². The summed E-state index contributed by atoms with van der Waals surface area (Å²) in [6, 6.07) is 9.99. The Labute approximate surface area is 117 Å². The fourth-order valence-corrected chi connectivity index (χ4v) is 2.28. The van der Waals surface area contributed by atoms with E-state index in [2.05, 4.69) is 17.2 Å². The van der Waals surface area contributed by atoms with Crippen LogP contribution in [0.1, 0.15) is 30.8 Å². The van der Waals surface area contributed by atoms with E-state index in [-0.39, 0.29) is 6.04 Å². The lowest BCUT2D eigenvalue weighted by Gasteiger charge is -2.14. The summed E-state index contributed by atoms with van der Waals surface area (Å²) in [6.45, 7) is 3.11. The van der Waals surface area contributed by atoms with Crippen molar-refractivity contribution in [2.75, 3.05) is 6.54 Å². The highest BCUT2D eigenvalue weighted by Crippen LogP contribution is 2.22. The van der Waals surface area contributed by atoms with Gasteiger partial charge >= 0.3 is 0 Å². The lowest BCUT2D eigenvalue weighted by atomic mass is 10.1. The summed E-state index contributed by atoms with van der Waals surface area (Å²) in [5.41, 5.74) is 2.87. The third-order valence-corrected chi connectivity index (χ3v) is 3.30. The second kappa shape index (κ2) is 5.92. The van der Waals surface area contributed by atoms with Gasteiger partial charge < -0.3 is 14.2 Å². The van der Waals surface area contributed by atoms with E-state index in [1.165, 1.54) is 0 Å². The average molecular weight is 270 g/mol. The molecule has 0 aliphatic heterocycles. The van der Waals surface area contributed by atoms with Gasteiger partial charge in [-0.2, -0.15) is 0 Å². The predicted octanol–water partition coefficient (Wildman–Crippen LogP) is 3.70. The first-order valence-electron chi connectivity index (χ1n) is 6.96. The van der Waals surface area contributed by atoms with Gasteiger partial charge in [-0.15, -0.1) is 0 Å². The van der Waals surface area contributed by atoms with Gasteiger partial charge in [-0.1, -0.05) is 19.1 Å². The average Bonchev–Trinajstić information content (AvgIpc) is 3.11. The predicted molar refractivity (Wildman–Crippen MR) is 77.5 cm³/mol. The van der Waals surface area contributed by atoms with E-state index in [9.17, 15) is 0 Å². The highest BCUT2D eigenvalue weighted by atomic mass is 16.3. The number of rotatable bonds is 6. The number of benzene rings is 1. The van der Waals surface area contributed by atoms with E-state index in [1.807, 2.05) is 30.3 Å². The number of aromatic nitrogens is 1. The SMILES string of the molecule is CCCNC(Cc1nc2ccccc2o1)c1ccoc1. The fraction of sp³-hybridized carbons (Fsp3) is 0.312. The molecule has 3 aromatic rings. The summed E-state index contributed by atoms with van der Waals surface area (Å²) < 4.78 is 11.0. The van der Waals surface area contributed by atoms with E-state index in [1.54, 1.807) is 12.5 Å². The summed E-state index contributed by atoms with van der Waals surface area (Å²) in [4.78, 5) is 4.53. The van der Waals surface area contributed by atoms with Crippen LogP contribution in [0.25, 0.3) is 11.1 Å². The lowest BCUT2D eigenvalue weighted by molar-refractivity contribution is 0.449. The van der Waals surface area contributed by atoms with Gasteiger partial charge in [-0.3, -0.25) is 0 Å². The molecule has 3 rings (SSSR count). The molecule has 0 fully saturated rings. The molecule has 4 heteroatoms. The Morgan fingerprint density at radius 3 is 2.90 bits per heavy atom. The molecule has 2 heterocycles. The van der Waals surface area contributed by atoms with Crippen LogP contribution in [0, 0.1) is 0 Å². The quantitative estimate of drug-likeness (QED) is 0.742. The summed E-state index contributed by atoms with van der Waals surface area (Å²) in [7, 11) is 0. The van der Waals surface area contributed by atoms with Gasteiger partial charge in [0.1, 0.15) is 5.52 Å². The van der Waals surface area contributed by atoms with Crippen molar-refractivity contribution < 1.29 is 8.83 Å². The van der Waals surface area contributed by atoms with Gasteiger partial charge in [0.2, 0.25) is 0 Å². The third kappa shape index (κ3) is 2.75. The molecule has 0 aliphatic rings. The van der Waals surface area contributed by atoms with E-state index in [0.717, 1.165) is 35.5 Å². The molecule has 4 nitrogen and oxygen atoms in total. The Morgan fingerprint density at radius 1 is 1.25 bits per heavy atom. The maximum Gasteiger partial charge on any atom is 0.197 e. The van der Waals surface area contributed by atoms with E-state index < -0.39 is 0 Å². The van der Waals surface area contributed by atoms with Gasteiger partial charge in [0, 0.05) is 18.0 Å². The number of furan rings is 1. The van der Waals surface area contributed by atoms with Crippen molar-refractivity contribution in [2.45, 2.75) is 25.8 Å². The molecule has 20 heavy (non-hydrogen) atoms. The van der Waals surface area contributed by atoms with Crippen LogP contribution in [-0.4, -0.2) is 11.5 Å². The number of hydrogen-bond donors (Lipinski definition) is 1. The molecular formula is C16H18N2O2. The highest BCUT2D eigenvalue weighted by molar-refractivity contribution is 5.72. The van der Waals surface area contributed by atoms with Crippen LogP contribution in [-0.2, 0) is 6.42 Å². The van der Waals surface area contributed by atoms with Crippen molar-refractivity contribution in [1.29, 1.82) is 0 Å². The smallest absolute Gasteiger partial charge is 0.197 e. The molecule has 1 unspecified atom stereocenters. The molecule has 0 saturated heterocycles. The number of para-hydroxylation sites is 2. The molecule has 0 aliphatic carbocycles. The second-order valence-electron chi connectivity index (χ2n) is 4.84. The molecule has 1 atom stereocenters. The van der Waals surface area contributed by atoms with Gasteiger partial charge in [0.25, 0.3) is 0 Å². The zero-order chi connectivity index (χ0) is 13.8. The molecule has 104 valence electrons. The number of nitrogens with one attached hydrogen (secondary N) is 1.